The molecule has 0 radical (unpaired) electrons. The number of aliphatic hydroxyl groups is 2. The van der Waals surface area contributed by atoms with E-state index in [1.807, 2.05) is 0 Å². The molecule has 6 heteroatoms. The van der Waals surface area contributed by atoms with E-state index in [1.54, 1.807) is 0 Å². The molecule has 0 amide bonds. The molecule has 0 saturated heterocycles. The van der Waals surface area contributed by atoms with Crippen LogP contribution < -0.4 is 0 Å². The fourth-order valence-corrected chi connectivity index (χ4v) is 2.19. The third-order valence-electron chi connectivity index (χ3n) is 3.44. The lowest BCUT2D eigenvalue weighted by molar-refractivity contribution is -0.221. The van der Waals surface area contributed by atoms with E-state index in [2.05, 4.69) is 0 Å². The maximum Gasteiger partial charge on any atom is 0.333 e. The fraction of sp³-hybridized carbons (Fsp3) is 0.400. The lowest BCUT2D eigenvalue weighted by Gasteiger charge is -2.33. The number of benzene rings is 1. The summed E-state index contributed by atoms with van der Waals surface area (Å²) >= 11 is 0. The number of esters is 1. The van der Waals surface area contributed by atoms with Crippen LogP contribution in [0.1, 0.15) is 31.2 Å². The van der Waals surface area contributed by atoms with Crippen molar-refractivity contribution in [3.8, 4) is 11.5 Å². The molecule has 21 heavy (non-hydrogen) atoms. The minimum atomic E-state index is -1.53. The summed E-state index contributed by atoms with van der Waals surface area (Å²) in [4.78, 5) is 11.7. The van der Waals surface area contributed by atoms with Crippen molar-refractivity contribution in [2.45, 2.75) is 37.6 Å². The van der Waals surface area contributed by atoms with Crippen LogP contribution in [0.3, 0.4) is 0 Å². The molecule has 1 aliphatic carbocycles. The maximum atomic E-state index is 11.7. The summed E-state index contributed by atoms with van der Waals surface area (Å²) in [5.41, 5.74) is 0.508. The average Bonchev–Trinajstić information content (AvgIpc) is 2.44. The monoisotopic (exact) mass is 294 g/mol. The summed E-state index contributed by atoms with van der Waals surface area (Å²) in [5, 5.41) is 37.9. The smallest absolute Gasteiger partial charge is 0.333 e. The largest absolute Gasteiger partial charge is 0.504 e. The van der Waals surface area contributed by atoms with Gasteiger partial charge in [-0.25, -0.2) is 4.79 Å². The van der Waals surface area contributed by atoms with Crippen LogP contribution in [-0.2, 0) is 9.53 Å². The van der Waals surface area contributed by atoms with Crippen molar-refractivity contribution in [1.82, 2.24) is 0 Å². The summed E-state index contributed by atoms with van der Waals surface area (Å²) in [5.74, 6) is -2.77. The van der Waals surface area contributed by atoms with E-state index in [1.165, 1.54) is 24.3 Å². The molecule has 1 aromatic rings. The Morgan fingerprint density at radius 1 is 1.24 bits per heavy atom. The standard InChI is InChI=1S/C15H18O6/c16-11-5-7-15(20,8-6-11)21-14(19)4-2-10-1-3-12(17)13(18)9-10/h1-4,9,11,16-18,20H,5-8H2/b4-2+/t11-,15-. The van der Waals surface area contributed by atoms with E-state index in [-0.39, 0.29) is 24.3 Å². The van der Waals surface area contributed by atoms with Crippen LogP contribution >= 0.6 is 0 Å². The molecule has 0 aliphatic heterocycles. The lowest BCUT2D eigenvalue weighted by atomic mass is 9.92. The second-order valence-electron chi connectivity index (χ2n) is 5.18. The molecule has 1 fully saturated rings. The number of phenolic OH excluding ortho intramolecular Hbond substituents is 2. The topological polar surface area (TPSA) is 107 Å². The van der Waals surface area contributed by atoms with Crippen LogP contribution in [-0.4, -0.2) is 38.3 Å². The Bertz CT molecular complexity index is 543. The first-order valence-electron chi connectivity index (χ1n) is 6.71. The SMILES string of the molecule is O=C(/C=C/c1ccc(O)c(O)c1)O[C@]1(O)CC[C@@H](O)CC1. The highest BCUT2D eigenvalue weighted by atomic mass is 16.7. The molecule has 4 N–H and O–H groups in total. The first-order chi connectivity index (χ1) is 9.88. The van der Waals surface area contributed by atoms with Gasteiger partial charge in [0.25, 0.3) is 0 Å². The minimum absolute atomic E-state index is 0.202. The molecule has 0 spiro atoms. The van der Waals surface area contributed by atoms with Gasteiger partial charge in [-0.15, -0.1) is 0 Å². The molecule has 1 aliphatic rings. The van der Waals surface area contributed by atoms with Gasteiger partial charge >= 0.3 is 5.97 Å². The Hall–Kier alpha value is -2.05. The van der Waals surface area contributed by atoms with Crippen molar-refractivity contribution in [3.63, 3.8) is 0 Å². The van der Waals surface area contributed by atoms with Gasteiger partial charge in [0.05, 0.1) is 6.10 Å². The van der Waals surface area contributed by atoms with Crippen LogP contribution in [0.25, 0.3) is 6.08 Å². The van der Waals surface area contributed by atoms with Crippen molar-refractivity contribution in [2.24, 2.45) is 0 Å². The van der Waals surface area contributed by atoms with Gasteiger partial charge in [0.2, 0.25) is 5.79 Å². The molecular weight excluding hydrogens is 276 g/mol. The van der Waals surface area contributed by atoms with Crippen molar-refractivity contribution in [2.75, 3.05) is 0 Å². The number of carbonyl (C=O) groups is 1. The van der Waals surface area contributed by atoms with Gasteiger partial charge in [0, 0.05) is 18.9 Å². The maximum absolute atomic E-state index is 11.7. The average molecular weight is 294 g/mol. The summed E-state index contributed by atoms with van der Waals surface area (Å²) < 4.78 is 5.01. The summed E-state index contributed by atoms with van der Waals surface area (Å²) in [6.07, 6.45) is 3.26. The Balaban J connectivity index is 1.94. The first-order valence-corrected chi connectivity index (χ1v) is 6.71. The highest BCUT2D eigenvalue weighted by molar-refractivity contribution is 5.87. The van der Waals surface area contributed by atoms with Crippen LogP contribution in [0, 0.1) is 0 Å². The van der Waals surface area contributed by atoms with Gasteiger partial charge in [-0.05, 0) is 36.6 Å². The minimum Gasteiger partial charge on any atom is -0.504 e. The second kappa shape index (κ2) is 6.15. The third-order valence-corrected chi connectivity index (χ3v) is 3.44. The number of phenols is 2. The molecule has 1 aromatic carbocycles. The van der Waals surface area contributed by atoms with Gasteiger partial charge < -0.3 is 25.2 Å². The lowest BCUT2D eigenvalue weighted by Crippen LogP contribution is -2.39. The summed E-state index contributed by atoms with van der Waals surface area (Å²) in [7, 11) is 0. The second-order valence-corrected chi connectivity index (χ2v) is 5.18. The summed E-state index contributed by atoms with van der Waals surface area (Å²) in [6, 6.07) is 4.12. The first kappa shape index (κ1) is 15.3. The third kappa shape index (κ3) is 4.21. The van der Waals surface area contributed by atoms with Crippen LogP contribution in [0.4, 0.5) is 0 Å². The van der Waals surface area contributed by atoms with E-state index in [4.69, 9.17) is 4.74 Å². The number of hydrogen-bond donors (Lipinski definition) is 4. The van der Waals surface area contributed by atoms with Gasteiger partial charge in [-0.3, -0.25) is 0 Å². The number of aliphatic hydroxyl groups excluding tert-OH is 1. The van der Waals surface area contributed by atoms with Crippen molar-refractivity contribution in [3.05, 3.63) is 29.8 Å². The van der Waals surface area contributed by atoms with E-state index in [0.717, 1.165) is 6.08 Å². The number of carbonyl (C=O) groups excluding carboxylic acids is 1. The molecule has 0 heterocycles. The van der Waals surface area contributed by atoms with E-state index in [9.17, 15) is 25.2 Å². The number of rotatable bonds is 3. The van der Waals surface area contributed by atoms with Gasteiger partial charge in [-0.1, -0.05) is 6.07 Å². The van der Waals surface area contributed by atoms with E-state index >= 15 is 0 Å². The molecular formula is C15H18O6. The zero-order chi connectivity index (χ0) is 15.5. The van der Waals surface area contributed by atoms with Crippen LogP contribution in [0.15, 0.2) is 24.3 Å². The molecule has 0 atom stereocenters. The number of aromatic hydroxyl groups is 2. The fourth-order valence-electron chi connectivity index (χ4n) is 2.19. The quantitative estimate of drug-likeness (QED) is 0.289. The zero-order valence-corrected chi connectivity index (χ0v) is 11.4. The Kier molecular flexibility index (Phi) is 4.50. The molecule has 0 unspecified atom stereocenters. The molecule has 1 saturated carbocycles. The number of hydrogen-bond acceptors (Lipinski definition) is 6. The molecule has 6 nitrogen and oxygen atoms in total. The summed E-state index contributed by atoms with van der Waals surface area (Å²) in [6.45, 7) is 0. The number of ether oxygens (including phenoxy) is 1. The normalized spacial score (nSPS) is 25.9. The van der Waals surface area contributed by atoms with E-state index < -0.39 is 17.9 Å². The molecule has 0 aromatic heterocycles. The van der Waals surface area contributed by atoms with Gasteiger partial charge in [-0.2, -0.15) is 0 Å². The highest BCUT2D eigenvalue weighted by Gasteiger charge is 2.35. The molecule has 2 rings (SSSR count). The van der Waals surface area contributed by atoms with Crippen molar-refractivity contribution in [1.29, 1.82) is 0 Å². The zero-order valence-electron chi connectivity index (χ0n) is 11.4. The van der Waals surface area contributed by atoms with Gasteiger partial charge in [0.15, 0.2) is 11.5 Å². The van der Waals surface area contributed by atoms with Crippen molar-refractivity contribution >= 4 is 12.0 Å². The highest BCUT2D eigenvalue weighted by Crippen LogP contribution is 2.30. The molecule has 114 valence electrons. The van der Waals surface area contributed by atoms with Crippen LogP contribution in [0.2, 0.25) is 0 Å². The Morgan fingerprint density at radius 3 is 2.52 bits per heavy atom. The van der Waals surface area contributed by atoms with Crippen LogP contribution in [0.5, 0.6) is 11.5 Å². The van der Waals surface area contributed by atoms with Crippen molar-refractivity contribution < 1.29 is 30.0 Å². The Labute approximate surface area is 121 Å². The predicted octanol–water partition coefficient (Wildman–Crippen LogP) is 1.28. The van der Waals surface area contributed by atoms with E-state index in [0.29, 0.717) is 18.4 Å². The molecule has 0 bridgehead atoms. The Morgan fingerprint density at radius 2 is 1.90 bits per heavy atom. The van der Waals surface area contributed by atoms with Gasteiger partial charge in [0.1, 0.15) is 0 Å². The predicted molar refractivity (Wildman–Crippen MR) is 74.3 cm³/mol.